The van der Waals surface area contributed by atoms with Gasteiger partial charge in [-0.15, -0.1) is 0 Å². The number of nitrogens with two attached hydrogens (primary N) is 2. The summed E-state index contributed by atoms with van der Waals surface area (Å²) in [6, 6.07) is 6.73. The van der Waals surface area contributed by atoms with Crippen molar-refractivity contribution < 1.29 is 19.5 Å². The summed E-state index contributed by atoms with van der Waals surface area (Å²) in [5, 5.41) is 25.2. The van der Waals surface area contributed by atoms with Crippen LogP contribution >= 0.6 is 0 Å². The van der Waals surface area contributed by atoms with Gasteiger partial charge in [-0.2, -0.15) is 5.10 Å². The number of fused-ring (bicyclic) bond motifs is 3. The number of allylic oxidation sites excluding steroid dienone is 1. The molecule has 0 spiro atoms. The van der Waals surface area contributed by atoms with E-state index in [2.05, 4.69) is 37.7 Å². The Morgan fingerprint density at radius 1 is 1.06 bits per heavy atom. The number of aliphatic hydroxyl groups is 1. The van der Waals surface area contributed by atoms with Crippen LogP contribution in [0.2, 0.25) is 0 Å². The smallest absolute Gasteiger partial charge is 0.272 e. The van der Waals surface area contributed by atoms with E-state index < -0.39 is 11.5 Å². The lowest BCUT2D eigenvalue weighted by Gasteiger charge is -2.49. The van der Waals surface area contributed by atoms with Crippen LogP contribution in [0.25, 0.3) is 11.1 Å². The number of carbonyl (C=O) groups is 3. The van der Waals surface area contributed by atoms with Crippen molar-refractivity contribution in [3.8, 4) is 11.1 Å². The Morgan fingerprint density at radius 3 is 2.50 bits per heavy atom. The van der Waals surface area contributed by atoms with Gasteiger partial charge in [0.1, 0.15) is 30.7 Å². The second-order valence-electron chi connectivity index (χ2n) is 15.0. The van der Waals surface area contributed by atoms with Gasteiger partial charge >= 0.3 is 0 Å². The second-order valence-corrected chi connectivity index (χ2v) is 15.0. The number of aromatic nitrogens is 4. The van der Waals surface area contributed by atoms with Gasteiger partial charge < -0.3 is 42.3 Å². The third-order valence-corrected chi connectivity index (χ3v) is 11.0. The van der Waals surface area contributed by atoms with Gasteiger partial charge in [0.2, 0.25) is 5.91 Å². The Bertz CT molecular complexity index is 2060. The van der Waals surface area contributed by atoms with Crippen molar-refractivity contribution in [1.29, 1.82) is 0 Å². The molecule has 0 bridgehead atoms. The first-order valence-corrected chi connectivity index (χ1v) is 18.6. The summed E-state index contributed by atoms with van der Waals surface area (Å²) < 4.78 is 1.98. The molecule has 2 saturated heterocycles. The molecule has 16 nitrogen and oxygen atoms in total. The molecule has 2 atom stereocenters. The molecule has 17 heteroatoms. The Hall–Kier alpha value is -5.42. The zero-order valence-corrected chi connectivity index (χ0v) is 30.5. The van der Waals surface area contributed by atoms with E-state index in [0.717, 1.165) is 61.0 Å². The van der Waals surface area contributed by atoms with Crippen LogP contribution in [0.1, 0.15) is 79.4 Å². The molecule has 3 aromatic heterocycles. The Balaban J connectivity index is 1.03. The summed E-state index contributed by atoms with van der Waals surface area (Å²) >= 11 is 0. The van der Waals surface area contributed by atoms with Crippen molar-refractivity contribution in [3.05, 3.63) is 77.0 Å². The van der Waals surface area contributed by atoms with E-state index in [9.17, 15) is 19.5 Å². The zero-order valence-electron chi connectivity index (χ0n) is 30.5. The molecule has 8 N–H and O–H groups in total. The maximum atomic E-state index is 13.1. The molecule has 5 aliphatic rings. The van der Waals surface area contributed by atoms with Crippen LogP contribution in [0.15, 0.2) is 60.0 Å². The van der Waals surface area contributed by atoms with E-state index in [4.69, 9.17) is 24.4 Å². The van der Waals surface area contributed by atoms with Gasteiger partial charge in [-0.3, -0.25) is 24.0 Å². The molecule has 3 aliphatic heterocycles. The van der Waals surface area contributed by atoms with Gasteiger partial charge in [0.15, 0.2) is 5.82 Å². The van der Waals surface area contributed by atoms with Crippen molar-refractivity contribution in [1.82, 2.24) is 40.2 Å². The molecule has 54 heavy (non-hydrogen) atoms. The molecular formula is C37H45BN12O4. The van der Waals surface area contributed by atoms with Gasteiger partial charge in [0, 0.05) is 68.6 Å². The van der Waals surface area contributed by atoms with Crippen LogP contribution in [-0.2, 0) is 15.2 Å². The third kappa shape index (κ3) is 6.66. The molecule has 2 radical (unpaired) electrons. The number of nitrogens with zero attached hydrogens (tertiary/aromatic N) is 7. The Labute approximate surface area is 314 Å². The van der Waals surface area contributed by atoms with Crippen LogP contribution in [0.4, 0.5) is 11.5 Å². The number of pyridine rings is 2. The van der Waals surface area contributed by atoms with Crippen molar-refractivity contribution in [2.45, 2.75) is 69.2 Å². The number of hydrogen-bond acceptors (Lipinski definition) is 12. The molecule has 2 aliphatic carbocycles. The molecule has 0 aromatic carbocycles. The van der Waals surface area contributed by atoms with E-state index in [-0.39, 0.29) is 64.5 Å². The average molecular weight is 733 g/mol. The second kappa shape index (κ2) is 13.8. The van der Waals surface area contributed by atoms with Crippen LogP contribution in [0.5, 0.6) is 0 Å². The average Bonchev–Trinajstić information content (AvgIpc) is 4.05. The summed E-state index contributed by atoms with van der Waals surface area (Å²) in [4.78, 5) is 53.2. The van der Waals surface area contributed by atoms with Gasteiger partial charge in [-0.1, -0.05) is 6.07 Å². The Morgan fingerprint density at radius 2 is 1.80 bits per heavy atom. The summed E-state index contributed by atoms with van der Waals surface area (Å²) in [6.07, 6.45) is 10.3. The highest BCUT2D eigenvalue weighted by Crippen LogP contribution is 2.48. The minimum Gasteiger partial charge on any atom is -0.393 e. The Kier molecular flexibility index (Phi) is 9.08. The van der Waals surface area contributed by atoms with Gasteiger partial charge in [0.05, 0.1) is 41.1 Å². The molecular weight excluding hydrogens is 687 g/mol. The molecule has 2 saturated carbocycles. The van der Waals surface area contributed by atoms with Crippen LogP contribution < -0.4 is 32.3 Å². The van der Waals surface area contributed by atoms with Crippen molar-refractivity contribution in [2.24, 2.45) is 17.4 Å². The van der Waals surface area contributed by atoms with Crippen molar-refractivity contribution >= 4 is 37.1 Å². The molecule has 3 aromatic rings. The van der Waals surface area contributed by atoms with E-state index >= 15 is 0 Å². The van der Waals surface area contributed by atoms with Crippen LogP contribution in [0, 0.1) is 5.92 Å². The van der Waals surface area contributed by atoms with Crippen LogP contribution in [-0.4, -0.2) is 99.5 Å². The fourth-order valence-electron chi connectivity index (χ4n) is 7.38. The van der Waals surface area contributed by atoms with E-state index in [0.29, 0.717) is 32.0 Å². The lowest BCUT2D eigenvalue weighted by atomic mass is 9.82. The normalized spacial score (nSPS) is 21.7. The van der Waals surface area contributed by atoms with Crippen molar-refractivity contribution in [3.63, 3.8) is 0 Å². The first-order valence-electron chi connectivity index (χ1n) is 18.6. The summed E-state index contributed by atoms with van der Waals surface area (Å²) in [5.41, 5.74) is 14.9. The number of nitrogens with one attached hydrogen (secondary N) is 3. The first-order chi connectivity index (χ1) is 25.9. The van der Waals surface area contributed by atoms with Crippen molar-refractivity contribution in [2.75, 3.05) is 43.4 Å². The van der Waals surface area contributed by atoms with E-state index in [1.807, 2.05) is 24.0 Å². The molecule has 8 rings (SSSR count). The number of hydrogen-bond donors (Lipinski definition) is 6. The largest absolute Gasteiger partial charge is 0.393 e. The quantitative estimate of drug-likeness (QED) is 0.0930. The lowest BCUT2D eigenvalue weighted by Crippen LogP contribution is -2.59. The highest BCUT2D eigenvalue weighted by Gasteiger charge is 2.44. The lowest BCUT2D eigenvalue weighted by molar-refractivity contribution is -0.121. The number of amides is 3. The standard InChI is InChI=1S/C37H45BN12O4/c1-20-31-25(17-42-50(31)23-18-49(19-23)37(38,54)28-7-5-6-26(44-28)36(53)48-14-3-4-15-48)24-12-13-41-33(32(24)47(20)2)45-27(30(40)35(52)43-22-10-11-22)16-29(39)46-34(51)21-8-9-21/h5-7,12-13,16-17,20-23,54H,3-4,8-11,14-15,18-19,39-40H2,1-2H3,(H,41,45)(H,43,52)(H,46,51)/b29-16+,30-27+. The predicted molar refractivity (Wildman–Crippen MR) is 201 cm³/mol. The maximum Gasteiger partial charge on any atom is 0.272 e. The minimum absolute atomic E-state index is 0.0593. The molecule has 6 heterocycles. The third-order valence-electron chi connectivity index (χ3n) is 11.0. The topological polar surface area (TPSA) is 213 Å². The number of rotatable bonds is 11. The van der Waals surface area contributed by atoms with Crippen LogP contribution in [0.3, 0.4) is 0 Å². The zero-order chi connectivity index (χ0) is 37.9. The van der Waals surface area contributed by atoms with Gasteiger partial charge in [-0.25, -0.2) is 9.97 Å². The highest BCUT2D eigenvalue weighted by atomic mass is 16.3. The molecule has 280 valence electrons. The first kappa shape index (κ1) is 35.6. The molecule has 4 fully saturated rings. The van der Waals surface area contributed by atoms with E-state index in [1.54, 1.807) is 34.2 Å². The predicted octanol–water partition coefficient (Wildman–Crippen LogP) is 1.10. The van der Waals surface area contributed by atoms with Gasteiger partial charge in [-0.05, 0) is 63.6 Å². The SMILES string of the molecule is [B]C(O)(c1cccc(C(=O)N2CCCC2)n1)N1CC(n2ncc3c2C(C)N(C)c2c-3ccnc2NC(/C=C(\N)NC(=O)C2CC2)=C(/N)C(=O)NC2CC2)C1. The number of likely N-dealkylation sites (tertiary alicyclic amines) is 2. The summed E-state index contributed by atoms with van der Waals surface area (Å²) in [6.45, 7) is 4.28. The van der Waals surface area contributed by atoms with E-state index in [1.165, 1.54) is 6.08 Å². The minimum atomic E-state index is -1.88. The molecule has 3 amide bonds. The highest BCUT2D eigenvalue weighted by molar-refractivity contribution is 6.14. The van der Waals surface area contributed by atoms with Gasteiger partial charge in [0.25, 0.3) is 11.8 Å². The summed E-state index contributed by atoms with van der Waals surface area (Å²) in [7, 11) is 8.45. The molecule has 2 unspecified atom stereocenters. The fraction of sp³-hybridized carbons (Fsp3) is 0.459. The fourth-order valence-corrected chi connectivity index (χ4v) is 7.38. The maximum absolute atomic E-state index is 13.1. The number of anilines is 2. The monoisotopic (exact) mass is 732 g/mol. The summed E-state index contributed by atoms with van der Waals surface area (Å²) in [5.74, 6) is -0.324. The number of carbonyl (C=O) groups excluding carboxylic acids is 3.